The van der Waals surface area contributed by atoms with Crippen LogP contribution in [0, 0.1) is 17.3 Å². The Hall–Kier alpha value is -0.870. The van der Waals surface area contributed by atoms with Gasteiger partial charge in [-0.3, -0.25) is 9.69 Å². The second-order valence-corrected chi connectivity index (χ2v) is 9.31. The first-order chi connectivity index (χ1) is 11.8. The number of carbonyl (C=O) groups excluding carboxylic acids is 1. The first-order valence-electron chi connectivity index (χ1n) is 10.2. The van der Waals surface area contributed by atoms with E-state index < -0.39 is 0 Å². The van der Waals surface area contributed by atoms with Gasteiger partial charge in [-0.2, -0.15) is 0 Å². The maximum atomic E-state index is 12.7. The Morgan fingerprint density at radius 2 is 1.76 bits per heavy atom. The average molecular weight is 349 g/mol. The van der Waals surface area contributed by atoms with E-state index in [1.54, 1.807) is 0 Å². The van der Waals surface area contributed by atoms with Gasteiger partial charge in [-0.25, -0.2) is 0 Å². The van der Waals surface area contributed by atoms with Crippen molar-refractivity contribution in [3.05, 3.63) is 11.6 Å². The maximum Gasteiger partial charge on any atom is 0.224 e. The fraction of sp³-hybridized carbons (Fsp3) is 0.857. The molecule has 2 N–H and O–H groups in total. The van der Waals surface area contributed by atoms with E-state index in [-0.39, 0.29) is 23.3 Å². The van der Waals surface area contributed by atoms with Gasteiger partial charge in [-0.1, -0.05) is 38.3 Å². The van der Waals surface area contributed by atoms with Gasteiger partial charge in [-0.15, -0.1) is 0 Å². The van der Waals surface area contributed by atoms with Crippen LogP contribution >= 0.6 is 0 Å². The van der Waals surface area contributed by atoms with Gasteiger partial charge in [-0.05, 0) is 50.9 Å². The molecule has 25 heavy (non-hydrogen) atoms. The lowest BCUT2D eigenvalue weighted by Crippen LogP contribution is -2.52. The first kappa shape index (κ1) is 18.9. The Morgan fingerprint density at radius 1 is 1.12 bits per heavy atom. The van der Waals surface area contributed by atoms with Gasteiger partial charge in [0.25, 0.3) is 0 Å². The summed E-state index contributed by atoms with van der Waals surface area (Å²) >= 11 is 0. The molecule has 4 unspecified atom stereocenters. The van der Waals surface area contributed by atoms with Crippen LogP contribution in [0.3, 0.4) is 0 Å². The van der Waals surface area contributed by atoms with Gasteiger partial charge in [0.2, 0.25) is 5.91 Å². The van der Waals surface area contributed by atoms with Crippen LogP contribution in [0.2, 0.25) is 0 Å². The summed E-state index contributed by atoms with van der Waals surface area (Å²) in [6, 6.07) is 0.642. The number of aliphatic hydroxyl groups excluding tert-OH is 1. The molecule has 4 nitrogen and oxygen atoms in total. The summed E-state index contributed by atoms with van der Waals surface area (Å²) in [6.07, 6.45) is 8.59. The van der Waals surface area contributed by atoms with E-state index in [0.29, 0.717) is 18.0 Å². The molecule has 0 aromatic heterocycles. The van der Waals surface area contributed by atoms with Crippen molar-refractivity contribution in [3.63, 3.8) is 0 Å². The average Bonchev–Trinajstić information content (AvgIpc) is 3.08. The molecule has 0 aromatic carbocycles. The number of aliphatic hydroxyl groups is 1. The fourth-order valence-electron chi connectivity index (χ4n) is 5.03. The molecular weight excluding hydrogens is 312 g/mol. The summed E-state index contributed by atoms with van der Waals surface area (Å²) < 4.78 is 0. The smallest absolute Gasteiger partial charge is 0.224 e. The zero-order valence-electron chi connectivity index (χ0n) is 16.4. The number of likely N-dealkylation sites (tertiary alicyclic amines) is 1. The van der Waals surface area contributed by atoms with Crippen LogP contribution in [0.25, 0.3) is 0 Å². The predicted molar refractivity (Wildman–Crippen MR) is 101 cm³/mol. The van der Waals surface area contributed by atoms with Crippen LogP contribution in [-0.2, 0) is 4.79 Å². The number of amides is 1. The predicted octanol–water partition coefficient (Wildman–Crippen LogP) is 3.11. The lowest BCUT2D eigenvalue weighted by Gasteiger charge is -2.41. The molecule has 3 fully saturated rings. The number of nitrogens with one attached hydrogen (secondary N) is 1. The summed E-state index contributed by atoms with van der Waals surface area (Å²) in [5, 5.41) is 13.6. The highest BCUT2D eigenvalue weighted by Gasteiger charge is 2.60. The molecule has 0 spiro atoms. The Balaban J connectivity index is 1.48. The van der Waals surface area contributed by atoms with Crippen molar-refractivity contribution >= 4 is 5.91 Å². The molecule has 1 amide bonds. The molecule has 2 aliphatic carbocycles. The number of piperidine rings is 1. The largest absolute Gasteiger partial charge is 0.391 e. The summed E-state index contributed by atoms with van der Waals surface area (Å²) in [5.74, 6) is 0.749. The second kappa shape index (κ2) is 7.40. The Bertz CT molecular complexity index is 516. The molecule has 1 heterocycles. The van der Waals surface area contributed by atoms with Crippen LogP contribution in [-0.4, -0.2) is 47.2 Å². The Kier molecular flexibility index (Phi) is 5.60. The van der Waals surface area contributed by atoms with Crippen molar-refractivity contribution in [2.24, 2.45) is 17.3 Å². The van der Waals surface area contributed by atoms with Crippen molar-refractivity contribution < 1.29 is 9.90 Å². The van der Waals surface area contributed by atoms with Crippen molar-refractivity contribution in [3.8, 4) is 0 Å². The van der Waals surface area contributed by atoms with Crippen LogP contribution in [0.1, 0.15) is 66.2 Å². The van der Waals surface area contributed by atoms with E-state index in [2.05, 4.69) is 44.0 Å². The third-order valence-corrected chi connectivity index (χ3v) is 6.74. The van der Waals surface area contributed by atoms with Gasteiger partial charge in [0.05, 0.1) is 12.0 Å². The molecule has 142 valence electrons. The van der Waals surface area contributed by atoms with Crippen molar-refractivity contribution in [1.82, 2.24) is 10.2 Å². The van der Waals surface area contributed by atoms with E-state index >= 15 is 0 Å². The molecular formula is C21H36N2O2. The summed E-state index contributed by atoms with van der Waals surface area (Å²) in [7, 11) is 0. The molecule has 1 saturated heterocycles. The molecule has 4 heteroatoms. The van der Waals surface area contributed by atoms with Crippen LogP contribution < -0.4 is 5.32 Å². The summed E-state index contributed by atoms with van der Waals surface area (Å²) in [5.41, 5.74) is 1.39. The molecule has 4 atom stereocenters. The third-order valence-electron chi connectivity index (χ3n) is 6.74. The van der Waals surface area contributed by atoms with Crippen LogP contribution in [0.4, 0.5) is 0 Å². The van der Waals surface area contributed by atoms with Gasteiger partial charge in [0.15, 0.2) is 0 Å². The number of nitrogens with zero attached hydrogens (tertiary/aromatic N) is 1. The van der Waals surface area contributed by atoms with Gasteiger partial charge in [0.1, 0.15) is 0 Å². The molecule has 3 aliphatic rings. The minimum absolute atomic E-state index is 0.0915. The van der Waals surface area contributed by atoms with E-state index in [9.17, 15) is 9.90 Å². The maximum absolute atomic E-state index is 12.7. The zero-order chi connectivity index (χ0) is 18.2. The van der Waals surface area contributed by atoms with Gasteiger partial charge >= 0.3 is 0 Å². The normalized spacial score (nSPS) is 35.9. The molecule has 0 aromatic rings. The third kappa shape index (κ3) is 4.11. The standard InChI is InChI=1S/C21H36N2O2/c1-14(2)13-16-19(21(16,3)4)20(25)22-15-9-11-23(12-10-15)17-7-5-6-8-18(17)24/h13,15-19,24H,5-12H2,1-4H3,(H,22,25). The quantitative estimate of drug-likeness (QED) is 0.768. The number of allylic oxidation sites excluding steroid dienone is 2. The zero-order valence-corrected chi connectivity index (χ0v) is 16.4. The van der Waals surface area contributed by atoms with E-state index in [0.717, 1.165) is 45.2 Å². The van der Waals surface area contributed by atoms with E-state index in [1.165, 1.54) is 12.0 Å². The molecule has 1 aliphatic heterocycles. The van der Waals surface area contributed by atoms with Crippen LogP contribution in [0.5, 0.6) is 0 Å². The summed E-state index contributed by atoms with van der Waals surface area (Å²) in [4.78, 5) is 15.2. The number of rotatable bonds is 4. The number of carbonyl (C=O) groups is 1. The van der Waals surface area contributed by atoms with Crippen molar-refractivity contribution in [2.45, 2.75) is 84.4 Å². The van der Waals surface area contributed by atoms with Gasteiger partial charge in [0, 0.05) is 25.2 Å². The SMILES string of the molecule is CC(C)=CC1C(C(=O)NC2CCN(C3CCCCC3O)CC2)C1(C)C. The lowest BCUT2D eigenvalue weighted by molar-refractivity contribution is -0.124. The highest BCUT2D eigenvalue weighted by molar-refractivity contribution is 5.84. The molecule has 2 saturated carbocycles. The first-order valence-corrected chi connectivity index (χ1v) is 10.2. The highest BCUT2D eigenvalue weighted by Crippen LogP contribution is 2.59. The van der Waals surface area contributed by atoms with Gasteiger partial charge < -0.3 is 10.4 Å². The minimum atomic E-state index is -0.156. The van der Waals surface area contributed by atoms with Crippen LogP contribution in [0.15, 0.2) is 11.6 Å². The monoisotopic (exact) mass is 348 g/mol. The number of hydrogen-bond acceptors (Lipinski definition) is 3. The molecule has 0 bridgehead atoms. The lowest BCUT2D eigenvalue weighted by atomic mass is 9.89. The van der Waals surface area contributed by atoms with E-state index in [1.807, 2.05) is 0 Å². The summed E-state index contributed by atoms with van der Waals surface area (Å²) in [6.45, 7) is 10.6. The Morgan fingerprint density at radius 3 is 2.36 bits per heavy atom. The number of hydrogen-bond donors (Lipinski definition) is 2. The molecule has 3 rings (SSSR count). The Labute approximate surface area is 153 Å². The fourth-order valence-corrected chi connectivity index (χ4v) is 5.03. The topological polar surface area (TPSA) is 52.6 Å². The van der Waals surface area contributed by atoms with Crippen molar-refractivity contribution in [2.75, 3.05) is 13.1 Å². The minimum Gasteiger partial charge on any atom is -0.391 e. The van der Waals surface area contributed by atoms with E-state index in [4.69, 9.17) is 0 Å². The molecule has 0 radical (unpaired) electrons. The highest BCUT2D eigenvalue weighted by atomic mass is 16.3. The van der Waals surface area contributed by atoms with Crippen molar-refractivity contribution in [1.29, 1.82) is 0 Å². The second-order valence-electron chi connectivity index (χ2n) is 9.31.